The molecule has 8 heteroatoms. The lowest BCUT2D eigenvalue weighted by molar-refractivity contribution is -0.887. The Hall–Kier alpha value is -2.97. The van der Waals surface area contributed by atoms with Crippen LogP contribution < -0.4 is 0 Å². The van der Waals surface area contributed by atoms with E-state index < -0.39 is 18.1 Å². The second-order valence-corrected chi connectivity index (χ2v) is 15.2. The van der Waals surface area contributed by atoms with Gasteiger partial charge in [0.15, 0.2) is 12.1 Å². The monoisotopic (exact) mass is 759 g/mol. The van der Waals surface area contributed by atoms with Crippen LogP contribution in [0.4, 0.5) is 0 Å². The summed E-state index contributed by atoms with van der Waals surface area (Å²) in [7, 11) is 5.50. The molecule has 54 heavy (non-hydrogen) atoms. The number of likely N-dealkylation sites (N-methyl/N-ethyl adjacent to an activating group) is 1. The van der Waals surface area contributed by atoms with Crippen LogP contribution in [0.5, 0.6) is 0 Å². The fourth-order valence-corrected chi connectivity index (χ4v) is 5.87. The Labute approximate surface area is 330 Å². The van der Waals surface area contributed by atoms with E-state index in [4.69, 9.17) is 14.2 Å². The molecular formula is C46H80NO7+. The number of aliphatic carboxylic acids is 1. The van der Waals surface area contributed by atoms with E-state index in [1.165, 1.54) is 77.0 Å². The summed E-state index contributed by atoms with van der Waals surface area (Å²) in [5, 5.41) is 9.60. The SMILES string of the molecule is CC/C=C/C/C=C/C/C=C/CCCC(=O)OC(COCCC(C(=O)O)[N+](C)(C)C)COC(=O)CCCCCCCCCCCC/C=C/C=C/CCCCC. The van der Waals surface area contributed by atoms with E-state index in [2.05, 4.69) is 74.6 Å². The van der Waals surface area contributed by atoms with Crippen molar-refractivity contribution in [1.82, 2.24) is 0 Å². The van der Waals surface area contributed by atoms with E-state index in [0.29, 0.717) is 19.3 Å². The Morgan fingerprint density at radius 1 is 0.593 bits per heavy atom. The maximum absolute atomic E-state index is 12.6. The first kappa shape index (κ1) is 51.0. The van der Waals surface area contributed by atoms with Crippen molar-refractivity contribution < 1.29 is 38.2 Å². The van der Waals surface area contributed by atoms with Crippen LogP contribution in [-0.2, 0) is 28.6 Å². The molecule has 8 nitrogen and oxygen atoms in total. The van der Waals surface area contributed by atoms with Gasteiger partial charge in [0, 0.05) is 19.3 Å². The average Bonchev–Trinajstić information content (AvgIpc) is 3.12. The van der Waals surface area contributed by atoms with Gasteiger partial charge < -0.3 is 23.8 Å². The van der Waals surface area contributed by atoms with Crippen molar-refractivity contribution in [2.75, 3.05) is 41.0 Å². The fraction of sp³-hybridized carbons (Fsp3) is 0.717. The maximum Gasteiger partial charge on any atom is 0.362 e. The summed E-state index contributed by atoms with van der Waals surface area (Å²) in [6.07, 6.45) is 44.2. The third-order valence-electron chi connectivity index (χ3n) is 9.18. The summed E-state index contributed by atoms with van der Waals surface area (Å²) in [6, 6.07) is -0.624. The number of hydrogen-bond acceptors (Lipinski definition) is 6. The Bertz CT molecular complexity index is 1070. The predicted octanol–water partition coefficient (Wildman–Crippen LogP) is 11.4. The molecule has 0 aliphatic rings. The molecule has 0 saturated carbocycles. The molecule has 1 N–H and O–H groups in total. The van der Waals surface area contributed by atoms with Crippen LogP contribution >= 0.6 is 0 Å². The largest absolute Gasteiger partial charge is 0.477 e. The fourth-order valence-electron chi connectivity index (χ4n) is 5.87. The first-order chi connectivity index (χ1) is 26.1. The van der Waals surface area contributed by atoms with Crippen LogP contribution in [0.2, 0.25) is 0 Å². The molecule has 0 aromatic heterocycles. The van der Waals surface area contributed by atoms with Gasteiger partial charge in [0.1, 0.15) is 6.61 Å². The second kappa shape index (κ2) is 37.0. The van der Waals surface area contributed by atoms with Gasteiger partial charge in [0.05, 0.1) is 34.4 Å². The van der Waals surface area contributed by atoms with E-state index in [1.54, 1.807) is 0 Å². The summed E-state index contributed by atoms with van der Waals surface area (Å²) >= 11 is 0. The van der Waals surface area contributed by atoms with E-state index in [9.17, 15) is 19.5 Å². The normalized spacial score (nSPS) is 13.6. The van der Waals surface area contributed by atoms with Crippen molar-refractivity contribution in [3.8, 4) is 0 Å². The number of quaternary nitrogens is 1. The first-order valence-corrected chi connectivity index (χ1v) is 21.3. The van der Waals surface area contributed by atoms with Crippen LogP contribution in [0.1, 0.15) is 162 Å². The average molecular weight is 759 g/mol. The molecule has 0 radical (unpaired) electrons. The molecule has 0 aliphatic heterocycles. The van der Waals surface area contributed by atoms with Crippen molar-refractivity contribution in [2.24, 2.45) is 0 Å². The van der Waals surface area contributed by atoms with E-state index >= 15 is 0 Å². The molecule has 0 aliphatic carbocycles. The minimum absolute atomic E-state index is 0.0378. The Morgan fingerprint density at radius 3 is 1.69 bits per heavy atom. The van der Waals surface area contributed by atoms with Gasteiger partial charge in [-0.05, 0) is 64.2 Å². The van der Waals surface area contributed by atoms with Crippen molar-refractivity contribution in [3.63, 3.8) is 0 Å². The van der Waals surface area contributed by atoms with Crippen molar-refractivity contribution >= 4 is 17.9 Å². The Balaban J connectivity index is 4.35. The van der Waals surface area contributed by atoms with Gasteiger partial charge >= 0.3 is 17.9 Å². The quantitative estimate of drug-likeness (QED) is 0.0221. The van der Waals surface area contributed by atoms with Gasteiger partial charge in [-0.2, -0.15) is 0 Å². The molecule has 0 heterocycles. The van der Waals surface area contributed by atoms with Gasteiger partial charge in [0.2, 0.25) is 0 Å². The summed E-state index contributed by atoms with van der Waals surface area (Å²) in [4.78, 5) is 36.9. The number of ether oxygens (including phenoxy) is 3. The molecule has 0 amide bonds. The number of nitrogens with zero attached hydrogens (tertiary/aromatic N) is 1. The minimum atomic E-state index is -0.886. The molecule has 0 rings (SSSR count). The van der Waals surface area contributed by atoms with Gasteiger partial charge in [-0.3, -0.25) is 9.59 Å². The zero-order chi connectivity index (χ0) is 40.0. The molecule has 2 atom stereocenters. The molecule has 2 unspecified atom stereocenters. The number of hydrogen-bond donors (Lipinski definition) is 1. The zero-order valence-electron chi connectivity index (χ0n) is 35.2. The molecule has 0 saturated heterocycles. The molecule has 0 aromatic rings. The van der Waals surface area contributed by atoms with Gasteiger partial charge in [-0.25, -0.2) is 4.79 Å². The van der Waals surface area contributed by atoms with E-state index in [-0.39, 0.29) is 42.7 Å². The number of esters is 2. The molecule has 0 aromatic carbocycles. The van der Waals surface area contributed by atoms with Gasteiger partial charge in [0.25, 0.3) is 0 Å². The highest BCUT2D eigenvalue weighted by molar-refractivity contribution is 5.72. The van der Waals surface area contributed by atoms with E-state index in [0.717, 1.165) is 44.9 Å². The molecule has 310 valence electrons. The number of carboxylic acid groups (broad SMARTS) is 1. The highest BCUT2D eigenvalue weighted by atomic mass is 16.6. The highest BCUT2D eigenvalue weighted by Crippen LogP contribution is 2.14. The molecule has 0 bridgehead atoms. The second-order valence-electron chi connectivity index (χ2n) is 15.2. The van der Waals surface area contributed by atoms with Gasteiger partial charge in [-0.1, -0.05) is 139 Å². The van der Waals surface area contributed by atoms with Gasteiger partial charge in [-0.15, -0.1) is 0 Å². The van der Waals surface area contributed by atoms with Crippen LogP contribution in [0.3, 0.4) is 0 Å². The Kier molecular flexibility index (Phi) is 34.9. The van der Waals surface area contributed by atoms with E-state index in [1.807, 2.05) is 21.1 Å². The number of unbranched alkanes of at least 4 members (excludes halogenated alkanes) is 14. The van der Waals surface area contributed by atoms with Crippen LogP contribution in [-0.4, -0.2) is 80.6 Å². The Morgan fingerprint density at radius 2 is 1.11 bits per heavy atom. The maximum atomic E-state index is 12.6. The lowest BCUT2D eigenvalue weighted by Gasteiger charge is -2.31. The predicted molar refractivity (Wildman–Crippen MR) is 224 cm³/mol. The van der Waals surface area contributed by atoms with Crippen molar-refractivity contribution in [1.29, 1.82) is 0 Å². The number of carbonyl (C=O) groups excluding carboxylic acids is 2. The first-order valence-electron chi connectivity index (χ1n) is 21.3. The molecular weight excluding hydrogens is 679 g/mol. The van der Waals surface area contributed by atoms with Crippen molar-refractivity contribution in [3.05, 3.63) is 60.8 Å². The number of rotatable bonds is 37. The number of carbonyl (C=O) groups is 3. The summed E-state index contributed by atoms with van der Waals surface area (Å²) in [6.45, 7) is 4.52. The topological polar surface area (TPSA) is 99.1 Å². The zero-order valence-corrected chi connectivity index (χ0v) is 35.2. The highest BCUT2D eigenvalue weighted by Gasteiger charge is 2.31. The lowest BCUT2D eigenvalue weighted by Crippen LogP contribution is -2.50. The van der Waals surface area contributed by atoms with Crippen LogP contribution in [0.25, 0.3) is 0 Å². The van der Waals surface area contributed by atoms with Crippen LogP contribution in [0, 0.1) is 0 Å². The van der Waals surface area contributed by atoms with Crippen molar-refractivity contribution in [2.45, 2.75) is 174 Å². The third-order valence-corrected chi connectivity index (χ3v) is 9.18. The minimum Gasteiger partial charge on any atom is -0.477 e. The van der Waals surface area contributed by atoms with Crippen LogP contribution in [0.15, 0.2) is 60.8 Å². The summed E-state index contributed by atoms with van der Waals surface area (Å²) in [5.41, 5.74) is 0. The summed E-state index contributed by atoms with van der Waals surface area (Å²) in [5.74, 6) is -1.55. The third kappa shape index (κ3) is 34.8. The lowest BCUT2D eigenvalue weighted by atomic mass is 10.1. The number of carboxylic acids is 1. The summed E-state index contributed by atoms with van der Waals surface area (Å²) < 4.78 is 17.2. The molecule has 0 spiro atoms. The molecule has 0 fully saturated rings. The standard InChI is InChI=1S/C46H79NO7/c1-6-8-10-12-14-16-18-19-20-21-22-23-24-25-27-28-30-32-34-36-44(48)53-41-42(40-52-39-38-43(46(50)51)47(3,4)5)54-45(49)37-35-33-31-29-26-17-15-13-11-9-7-2/h9,11,14-19,29,31,42-43H,6-8,10,12-13,20-28,30,32-41H2,1-5H3/p+1/b11-9+,16-14+,17-15+,19-18+,31-29+. The number of allylic oxidation sites excluding steroid dienone is 10. The smallest absolute Gasteiger partial charge is 0.362 e.